The van der Waals surface area contributed by atoms with E-state index in [2.05, 4.69) is 15.9 Å². The van der Waals surface area contributed by atoms with Gasteiger partial charge < -0.3 is 4.90 Å². The highest BCUT2D eigenvalue weighted by Gasteiger charge is 2.37. The van der Waals surface area contributed by atoms with Crippen LogP contribution in [0.25, 0.3) is 0 Å². The lowest BCUT2D eigenvalue weighted by Gasteiger charge is -2.35. The van der Waals surface area contributed by atoms with Crippen LogP contribution in [0.4, 0.5) is 8.78 Å². The first-order chi connectivity index (χ1) is 7.23. The minimum atomic E-state index is -2.94. The van der Waals surface area contributed by atoms with E-state index < -0.39 is 21.8 Å². The van der Waals surface area contributed by atoms with Crippen molar-refractivity contribution in [2.75, 3.05) is 0 Å². The summed E-state index contributed by atoms with van der Waals surface area (Å²) in [6.45, 7) is 2.11. The number of hydrogen-bond donors (Lipinski definition) is 0. The van der Waals surface area contributed by atoms with E-state index in [0.717, 1.165) is 13.1 Å². The van der Waals surface area contributed by atoms with E-state index in [1.807, 2.05) is 0 Å². The third-order valence-corrected chi connectivity index (χ3v) is 3.16. The summed E-state index contributed by atoms with van der Waals surface area (Å²) in [5, 5.41) is 10.5. The van der Waals surface area contributed by atoms with Crippen molar-refractivity contribution < 1.29 is 13.7 Å². The number of rotatable bonds is 3. The summed E-state index contributed by atoms with van der Waals surface area (Å²) in [5.41, 5.74) is -0.202. The fraction of sp³-hybridized carbons (Fsp3) is 0.556. The Bertz CT molecular complexity index is 352. The van der Waals surface area contributed by atoms with Gasteiger partial charge in [-0.2, -0.15) is 0 Å². The maximum Gasteiger partial charge on any atom is 0.284 e. The van der Waals surface area contributed by atoms with Crippen LogP contribution in [0.15, 0.2) is 24.0 Å². The Morgan fingerprint density at radius 2 is 2.25 bits per heavy atom. The van der Waals surface area contributed by atoms with Crippen molar-refractivity contribution in [3.05, 3.63) is 34.2 Å². The van der Waals surface area contributed by atoms with Gasteiger partial charge in [0, 0.05) is 13.0 Å². The second-order valence-corrected chi connectivity index (χ2v) is 4.56. The quantitative estimate of drug-likeness (QED) is 0.348. The highest BCUT2D eigenvalue weighted by Crippen LogP contribution is 2.29. The average Bonchev–Trinajstić information content (AvgIpc) is 2.15. The molecular formula is C9H11BrF2N2O2. The molecule has 0 aromatic carbocycles. The van der Waals surface area contributed by atoms with Crippen molar-refractivity contribution in [2.24, 2.45) is 0 Å². The molecule has 0 saturated carbocycles. The van der Waals surface area contributed by atoms with Crippen molar-refractivity contribution in [1.29, 1.82) is 0 Å². The van der Waals surface area contributed by atoms with Crippen molar-refractivity contribution in [1.82, 2.24) is 4.90 Å². The van der Waals surface area contributed by atoms with Gasteiger partial charge in [-0.05, 0) is 13.0 Å². The molecule has 0 spiro atoms. The molecule has 0 aromatic rings. The average molecular weight is 297 g/mol. The van der Waals surface area contributed by atoms with Gasteiger partial charge in [-0.3, -0.25) is 10.1 Å². The highest BCUT2D eigenvalue weighted by atomic mass is 79.9. The maximum absolute atomic E-state index is 13.1. The van der Waals surface area contributed by atoms with Crippen LogP contribution in [0.1, 0.15) is 13.8 Å². The summed E-state index contributed by atoms with van der Waals surface area (Å²) in [4.78, 5) is 10.7. The third-order valence-electron chi connectivity index (χ3n) is 2.38. The van der Waals surface area contributed by atoms with Gasteiger partial charge in [0.15, 0.2) is 0 Å². The first kappa shape index (κ1) is 13.1. The fourth-order valence-corrected chi connectivity index (χ4v) is 1.86. The topological polar surface area (TPSA) is 46.4 Å². The van der Waals surface area contributed by atoms with Crippen molar-refractivity contribution >= 4 is 15.9 Å². The molecule has 1 aliphatic rings. The van der Waals surface area contributed by atoms with Crippen molar-refractivity contribution in [3.8, 4) is 0 Å². The molecule has 90 valence electrons. The summed E-state index contributed by atoms with van der Waals surface area (Å²) in [6, 6.07) is -1.13. The zero-order valence-electron chi connectivity index (χ0n) is 8.73. The normalized spacial score (nSPS) is 22.9. The Morgan fingerprint density at radius 1 is 1.69 bits per heavy atom. The first-order valence-electron chi connectivity index (χ1n) is 4.57. The number of nitrogens with zero attached hydrogens (tertiary/aromatic N) is 2. The molecule has 1 heterocycles. The molecule has 0 radical (unpaired) electrons. The Hall–Kier alpha value is -0.980. The van der Waals surface area contributed by atoms with Gasteiger partial charge in [-0.1, -0.05) is 15.9 Å². The zero-order valence-corrected chi connectivity index (χ0v) is 10.3. The number of halogens is 3. The van der Waals surface area contributed by atoms with Crippen LogP contribution < -0.4 is 0 Å². The number of nitro groups is 1. The molecule has 0 fully saturated rings. The summed E-state index contributed by atoms with van der Waals surface area (Å²) in [6.07, 6.45) is 3.87. The van der Waals surface area contributed by atoms with Crippen LogP contribution in [0.5, 0.6) is 0 Å². The fourth-order valence-electron chi connectivity index (χ4n) is 1.24. The largest absolute Gasteiger partial charge is 0.347 e. The molecule has 4 nitrogen and oxygen atoms in total. The molecule has 1 unspecified atom stereocenters. The predicted molar refractivity (Wildman–Crippen MR) is 58.9 cm³/mol. The minimum absolute atomic E-state index is 0.202. The van der Waals surface area contributed by atoms with E-state index in [1.165, 1.54) is 24.0 Å². The molecule has 0 aromatic heterocycles. The minimum Gasteiger partial charge on any atom is -0.347 e. The van der Waals surface area contributed by atoms with E-state index in [4.69, 9.17) is 0 Å². The van der Waals surface area contributed by atoms with Gasteiger partial charge in [0.05, 0.1) is 17.2 Å². The van der Waals surface area contributed by atoms with E-state index in [9.17, 15) is 18.9 Å². The molecule has 0 amide bonds. The van der Waals surface area contributed by atoms with Crippen LogP contribution in [0.3, 0.4) is 0 Å². The molecule has 0 bridgehead atoms. The Labute approximate surface area is 99.9 Å². The standard InChI is InChI=1S/C9H11BrF2N2O2/c1-6(9(2,11)12)13-5-7(14(15)16)3-4-8(13)10/h3-6,8H,1-2H3/t6?,8-/m1/s1. The Kier molecular flexibility index (Phi) is 3.67. The number of allylic oxidation sites excluding steroid dienone is 1. The first-order valence-corrected chi connectivity index (χ1v) is 5.49. The molecular weight excluding hydrogens is 286 g/mol. The van der Waals surface area contributed by atoms with Gasteiger partial charge >= 0.3 is 0 Å². The summed E-state index contributed by atoms with van der Waals surface area (Å²) >= 11 is 3.16. The summed E-state index contributed by atoms with van der Waals surface area (Å²) in [5.74, 6) is -2.94. The van der Waals surface area contributed by atoms with Crippen LogP contribution in [-0.2, 0) is 0 Å². The zero-order chi connectivity index (χ0) is 12.5. The highest BCUT2D eigenvalue weighted by molar-refractivity contribution is 9.09. The molecule has 0 aliphatic carbocycles. The lowest BCUT2D eigenvalue weighted by Crippen LogP contribution is -2.45. The van der Waals surface area contributed by atoms with Crippen LogP contribution >= 0.6 is 15.9 Å². The Balaban J connectivity index is 2.96. The number of hydrogen-bond acceptors (Lipinski definition) is 3. The SMILES string of the molecule is CC(N1C=C([N+](=O)[O-])C=C[C@@H]1Br)C(C)(F)F. The molecule has 0 N–H and O–H groups in total. The molecule has 1 aliphatic heterocycles. The van der Waals surface area contributed by atoms with Crippen LogP contribution in [0, 0.1) is 10.1 Å². The van der Waals surface area contributed by atoms with E-state index >= 15 is 0 Å². The van der Waals surface area contributed by atoms with Gasteiger partial charge in [0.25, 0.3) is 11.6 Å². The molecule has 2 atom stereocenters. The van der Waals surface area contributed by atoms with Crippen molar-refractivity contribution in [2.45, 2.75) is 30.8 Å². The van der Waals surface area contributed by atoms with Crippen LogP contribution in [-0.4, -0.2) is 26.7 Å². The van der Waals surface area contributed by atoms with E-state index in [0.29, 0.717) is 0 Å². The molecule has 16 heavy (non-hydrogen) atoms. The predicted octanol–water partition coefficient (Wildman–Crippen LogP) is 2.74. The van der Waals surface area contributed by atoms with Gasteiger partial charge in [-0.25, -0.2) is 8.78 Å². The second kappa shape index (κ2) is 4.48. The van der Waals surface area contributed by atoms with Gasteiger partial charge in [0.2, 0.25) is 0 Å². The molecule has 0 saturated heterocycles. The Morgan fingerprint density at radius 3 is 2.69 bits per heavy atom. The summed E-state index contributed by atoms with van der Waals surface area (Å²) in [7, 11) is 0. The third kappa shape index (κ3) is 2.78. The molecule has 1 rings (SSSR count). The second-order valence-electron chi connectivity index (χ2n) is 3.62. The molecule has 7 heteroatoms. The lowest BCUT2D eigenvalue weighted by molar-refractivity contribution is -0.420. The summed E-state index contributed by atoms with van der Waals surface area (Å²) < 4.78 is 26.2. The van der Waals surface area contributed by atoms with E-state index in [1.54, 1.807) is 0 Å². The smallest absolute Gasteiger partial charge is 0.284 e. The van der Waals surface area contributed by atoms with Crippen molar-refractivity contribution in [3.63, 3.8) is 0 Å². The monoisotopic (exact) mass is 296 g/mol. The maximum atomic E-state index is 13.1. The van der Waals surface area contributed by atoms with Gasteiger partial charge in [-0.15, -0.1) is 0 Å². The van der Waals surface area contributed by atoms with E-state index in [-0.39, 0.29) is 5.70 Å². The number of alkyl halides is 3. The lowest BCUT2D eigenvalue weighted by atomic mass is 10.1. The van der Waals surface area contributed by atoms with Gasteiger partial charge in [0.1, 0.15) is 4.95 Å². The van der Waals surface area contributed by atoms with Crippen LogP contribution in [0.2, 0.25) is 0 Å².